The topological polar surface area (TPSA) is 66.2 Å². The number of ether oxygens (including phenoxy) is 2. The Kier molecular flexibility index (Phi) is 5.68. The quantitative estimate of drug-likeness (QED) is 0.712. The van der Waals surface area contributed by atoms with E-state index < -0.39 is 8.07 Å². The van der Waals surface area contributed by atoms with Gasteiger partial charge in [0.2, 0.25) is 0 Å². The average Bonchev–Trinajstić information content (AvgIpc) is 2.56. The predicted molar refractivity (Wildman–Crippen MR) is 78.4 cm³/mol. The molecule has 7 heteroatoms. The van der Waals surface area contributed by atoms with Crippen LogP contribution in [0.5, 0.6) is 11.5 Å². The normalized spacial score (nSPS) is 14.1. The maximum atomic E-state index is 12.7. The molecule has 0 amide bonds. The minimum Gasteiger partial charge on any atom is -0.871 e. The Hall–Kier alpha value is -1.23. The summed E-state index contributed by atoms with van der Waals surface area (Å²) >= 11 is 0. The van der Waals surface area contributed by atoms with Crippen molar-refractivity contribution in [2.24, 2.45) is 10.2 Å². The van der Waals surface area contributed by atoms with Crippen molar-refractivity contribution >= 4 is 13.8 Å². The monoisotopic (exact) mass is 298 g/mol. The van der Waals surface area contributed by atoms with Crippen LogP contribution in [0.3, 0.4) is 0 Å². The molecule has 108 valence electrons. The first-order valence-corrected chi connectivity index (χ1v) is 9.93. The summed E-state index contributed by atoms with van der Waals surface area (Å²) in [5.41, 5.74) is 1.44. The van der Waals surface area contributed by atoms with Crippen LogP contribution < -0.4 is 33.4 Å². The second kappa shape index (κ2) is 6.69. The first-order valence-electron chi connectivity index (χ1n) is 6.43. The van der Waals surface area contributed by atoms with E-state index >= 15 is 0 Å². The predicted octanol–water partition coefficient (Wildman–Crippen LogP) is -0.420. The summed E-state index contributed by atoms with van der Waals surface area (Å²) < 4.78 is 10.5. The molecule has 0 fully saturated rings. The van der Waals surface area contributed by atoms with E-state index in [0.717, 1.165) is 5.56 Å². The minimum atomic E-state index is -1.83. The van der Waals surface area contributed by atoms with Crippen molar-refractivity contribution in [2.45, 2.75) is 26.2 Å². The van der Waals surface area contributed by atoms with Crippen molar-refractivity contribution in [1.82, 2.24) is 0 Å². The molecule has 0 bridgehead atoms. The van der Waals surface area contributed by atoms with Gasteiger partial charge in [-0.3, -0.25) is 0 Å². The van der Waals surface area contributed by atoms with E-state index in [1.807, 2.05) is 0 Å². The van der Waals surface area contributed by atoms with Gasteiger partial charge in [-0.1, -0.05) is 25.4 Å². The van der Waals surface area contributed by atoms with Gasteiger partial charge in [0.15, 0.2) is 11.5 Å². The standard InChI is InChI=1S/C14H20N2O3Si.Li/c1-18-11-6-9-8-15-16-14(20(3,4)5)13(17)10(9)7-12(11)19-2;/h6-7,17H,8H2,1-5H3;/q;+1/p-1. The Balaban J connectivity index is 0.00000220. The third-order valence-corrected chi connectivity index (χ3v) is 4.94. The SMILES string of the molecule is COc1cc2c(cc1OC)C([O-])=C([Si](C)(C)C)N=NC2.[Li+]. The number of benzene rings is 1. The molecule has 1 aromatic carbocycles. The maximum Gasteiger partial charge on any atom is 1.00 e. The fourth-order valence-electron chi connectivity index (χ4n) is 2.11. The van der Waals surface area contributed by atoms with Gasteiger partial charge in [-0.25, -0.2) is 0 Å². The number of fused-ring (bicyclic) bond motifs is 1. The molecule has 0 atom stereocenters. The number of nitrogens with zero attached hydrogens (tertiary/aromatic N) is 2. The second-order valence-electron chi connectivity index (χ2n) is 5.69. The Bertz CT molecular complexity index is 595. The summed E-state index contributed by atoms with van der Waals surface area (Å²) in [6.07, 6.45) is 0. The minimum absolute atomic E-state index is 0. The molecule has 0 N–H and O–H groups in total. The molecular weight excluding hydrogens is 279 g/mol. The van der Waals surface area contributed by atoms with E-state index in [2.05, 4.69) is 29.9 Å². The summed E-state index contributed by atoms with van der Waals surface area (Å²) in [5.74, 6) is 1.11. The summed E-state index contributed by atoms with van der Waals surface area (Å²) in [6, 6.07) is 3.53. The van der Waals surface area contributed by atoms with E-state index in [-0.39, 0.29) is 24.6 Å². The molecule has 0 radical (unpaired) electrons. The van der Waals surface area contributed by atoms with E-state index in [1.165, 1.54) is 0 Å². The van der Waals surface area contributed by atoms with Crippen LogP contribution in [0.1, 0.15) is 11.1 Å². The van der Waals surface area contributed by atoms with Crippen LogP contribution in [0.15, 0.2) is 27.7 Å². The average molecular weight is 298 g/mol. The van der Waals surface area contributed by atoms with Gasteiger partial charge in [-0.2, -0.15) is 10.2 Å². The molecule has 0 saturated heterocycles. The van der Waals surface area contributed by atoms with Crippen molar-refractivity contribution in [3.8, 4) is 11.5 Å². The van der Waals surface area contributed by atoms with Gasteiger partial charge in [-0.15, -0.1) is 0 Å². The molecular formula is C14H19LiN2O3Si. The largest absolute Gasteiger partial charge is 1.00 e. The Morgan fingerprint density at radius 2 is 1.67 bits per heavy atom. The van der Waals surface area contributed by atoms with Gasteiger partial charge in [-0.05, 0) is 23.3 Å². The van der Waals surface area contributed by atoms with E-state index in [4.69, 9.17) is 9.47 Å². The Morgan fingerprint density at radius 1 is 1.10 bits per heavy atom. The molecule has 0 saturated carbocycles. The van der Waals surface area contributed by atoms with Crippen molar-refractivity contribution in [3.05, 3.63) is 28.6 Å². The van der Waals surface area contributed by atoms with Crippen LogP contribution in [0, 0.1) is 0 Å². The summed E-state index contributed by atoms with van der Waals surface area (Å²) in [5, 5.41) is 21.6. The molecule has 0 unspecified atom stereocenters. The van der Waals surface area contributed by atoms with Crippen molar-refractivity contribution in [2.75, 3.05) is 14.2 Å². The fraction of sp³-hybridized carbons (Fsp3) is 0.429. The fourth-order valence-corrected chi connectivity index (χ4v) is 3.30. The molecule has 1 heterocycles. The van der Waals surface area contributed by atoms with Crippen LogP contribution >= 0.6 is 0 Å². The summed E-state index contributed by atoms with van der Waals surface area (Å²) in [7, 11) is 1.30. The van der Waals surface area contributed by atoms with Crippen LogP contribution in [0.4, 0.5) is 0 Å². The molecule has 2 rings (SSSR count). The Labute approximate surface area is 138 Å². The summed E-state index contributed by atoms with van der Waals surface area (Å²) in [4.78, 5) is 0. The van der Waals surface area contributed by atoms with Crippen LogP contribution in [-0.4, -0.2) is 22.3 Å². The second-order valence-corrected chi connectivity index (χ2v) is 10.7. The number of methoxy groups -OCH3 is 2. The molecule has 1 aliphatic heterocycles. The van der Waals surface area contributed by atoms with E-state index in [0.29, 0.717) is 28.9 Å². The Morgan fingerprint density at radius 3 is 2.19 bits per heavy atom. The van der Waals surface area contributed by atoms with Crippen molar-refractivity contribution < 1.29 is 33.4 Å². The number of rotatable bonds is 3. The third-order valence-electron chi connectivity index (χ3n) is 3.19. The molecule has 5 nitrogen and oxygen atoms in total. The van der Waals surface area contributed by atoms with E-state index in [9.17, 15) is 5.11 Å². The van der Waals surface area contributed by atoms with Gasteiger partial charge < -0.3 is 14.6 Å². The smallest absolute Gasteiger partial charge is 0.871 e. The van der Waals surface area contributed by atoms with E-state index in [1.54, 1.807) is 26.4 Å². The first-order chi connectivity index (χ1) is 9.38. The molecule has 0 spiro atoms. The zero-order valence-electron chi connectivity index (χ0n) is 13.5. The maximum absolute atomic E-state index is 12.7. The van der Waals surface area contributed by atoms with Crippen LogP contribution in [0.25, 0.3) is 5.76 Å². The number of azo groups is 1. The molecule has 1 aliphatic rings. The third kappa shape index (κ3) is 3.51. The van der Waals surface area contributed by atoms with Crippen LogP contribution in [-0.2, 0) is 6.54 Å². The summed E-state index contributed by atoms with van der Waals surface area (Å²) in [6.45, 7) is 6.65. The molecule has 0 aromatic heterocycles. The van der Waals surface area contributed by atoms with Gasteiger partial charge in [0.25, 0.3) is 0 Å². The van der Waals surface area contributed by atoms with Crippen molar-refractivity contribution in [1.29, 1.82) is 0 Å². The number of hydrogen-bond donors (Lipinski definition) is 0. The molecule has 1 aromatic rings. The van der Waals surface area contributed by atoms with Gasteiger partial charge in [0.05, 0.1) is 20.8 Å². The molecule has 21 heavy (non-hydrogen) atoms. The zero-order chi connectivity index (χ0) is 14.9. The first kappa shape index (κ1) is 17.8. The zero-order valence-corrected chi connectivity index (χ0v) is 14.5. The van der Waals surface area contributed by atoms with Gasteiger partial charge in [0.1, 0.15) is 8.07 Å². The van der Waals surface area contributed by atoms with Gasteiger partial charge in [0, 0.05) is 5.32 Å². The van der Waals surface area contributed by atoms with Crippen molar-refractivity contribution in [3.63, 3.8) is 0 Å². The molecule has 0 aliphatic carbocycles. The van der Waals surface area contributed by atoms with Gasteiger partial charge >= 0.3 is 18.9 Å². The number of hydrogen-bond acceptors (Lipinski definition) is 5. The van der Waals surface area contributed by atoms with Crippen LogP contribution in [0.2, 0.25) is 19.6 Å².